The van der Waals surface area contributed by atoms with Crippen molar-refractivity contribution in [2.75, 3.05) is 38.0 Å². The second kappa shape index (κ2) is 7.42. The zero-order chi connectivity index (χ0) is 21.6. The van der Waals surface area contributed by atoms with Gasteiger partial charge in [0.1, 0.15) is 5.57 Å². The summed E-state index contributed by atoms with van der Waals surface area (Å²) in [6, 6.07) is 12.6. The minimum absolute atomic E-state index is 0.0267. The largest absolute Gasteiger partial charge is 0.378 e. The monoisotopic (exact) mass is 418 g/mol. The summed E-state index contributed by atoms with van der Waals surface area (Å²) < 4.78 is 0. The second-order valence-corrected chi connectivity index (χ2v) is 8.05. The molecular formula is C23H22N4O2S. The molecule has 1 heterocycles. The summed E-state index contributed by atoms with van der Waals surface area (Å²) in [5, 5.41) is 4.96. The first-order chi connectivity index (χ1) is 14.3. The predicted octanol–water partition coefficient (Wildman–Crippen LogP) is 2.69. The van der Waals surface area contributed by atoms with Crippen LogP contribution in [0.3, 0.4) is 0 Å². The van der Waals surface area contributed by atoms with E-state index in [0.29, 0.717) is 0 Å². The highest BCUT2D eigenvalue weighted by Crippen LogP contribution is 2.46. The maximum Gasteiger partial charge on any atom is 0.263 e. The van der Waals surface area contributed by atoms with Gasteiger partial charge in [-0.1, -0.05) is 18.2 Å². The number of rotatable bonds is 3. The lowest BCUT2D eigenvalue weighted by molar-refractivity contribution is -0.123. The Balaban J connectivity index is 1.87. The third kappa shape index (κ3) is 3.37. The summed E-state index contributed by atoms with van der Waals surface area (Å²) in [5.74, 6) is -0.991. The van der Waals surface area contributed by atoms with Crippen molar-refractivity contribution < 1.29 is 9.59 Å². The van der Waals surface area contributed by atoms with E-state index in [1.54, 1.807) is 6.08 Å². The molecule has 4 rings (SSSR count). The van der Waals surface area contributed by atoms with Gasteiger partial charge in [-0.2, -0.15) is 0 Å². The molecule has 0 saturated carbocycles. The number of carbonyl (C=O) groups excluding carboxylic acids is 2. The fraction of sp³-hybridized carbons (Fsp3) is 0.174. The first-order valence-electron chi connectivity index (χ1n) is 9.49. The molecule has 0 bridgehead atoms. The van der Waals surface area contributed by atoms with E-state index < -0.39 is 11.8 Å². The number of fused-ring (bicyclic) bond motifs is 3. The van der Waals surface area contributed by atoms with Crippen LogP contribution in [-0.4, -0.2) is 45.1 Å². The van der Waals surface area contributed by atoms with Crippen LogP contribution in [0.15, 0.2) is 54.1 Å². The van der Waals surface area contributed by atoms with Crippen molar-refractivity contribution in [2.45, 2.75) is 0 Å². The Morgan fingerprint density at radius 2 is 1.13 bits per heavy atom. The van der Waals surface area contributed by atoms with Gasteiger partial charge in [-0.05, 0) is 70.4 Å². The minimum atomic E-state index is -0.495. The topological polar surface area (TPSA) is 64.7 Å². The Bertz CT molecular complexity index is 1080. The lowest BCUT2D eigenvalue weighted by Gasteiger charge is -2.16. The molecule has 1 aliphatic heterocycles. The first kappa shape index (κ1) is 19.8. The Hall–Kier alpha value is -3.45. The Morgan fingerprint density at radius 1 is 0.700 bits per heavy atom. The van der Waals surface area contributed by atoms with Gasteiger partial charge in [-0.15, -0.1) is 0 Å². The minimum Gasteiger partial charge on any atom is -0.378 e. The van der Waals surface area contributed by atoms with E-state index in [4.69, 9.17) is 12.2 Å². The standard InChI is InChI=1S/C23H22N4O2S/c1-26(2)13-5-7-16-15(9-10-18-21(28)24-23(30)25-22(18)29)17-8-6-14(27(3)4)12-20(17)19(16)11-13/h5-12H,1-4H3,(H2,24,25,28,29,30). The molecule has 6 nitrogen and oxygen atoms in total. The Kier molecular flexibility index (Phi) is 4.91. The molecule has 0 spiro atoms. The second-order valence-electron chi connectivity index (χ2n) is 7.65. The van der Waals surface area contributed by atoms with Crippen LogP contribution < -0.4 is 20.4 Å². The van der Waals surface area contributed by atoms with Gasteiger partial charge in [0.05, 0.1) is 0 Å². The van der Waals surface area contributed by atoms with Crippen molar-refractivity contribution in [3.63, 3.8) is 0 Å². The molecule has 1 fully saturated rings. The summed E-state index contributed by atoms with van der Waals surface area (Å²) >= 11 is 4.86. The lowest BCUT2D eigenvalue weighted by atomic mass is 10.0. The number of amides is 2. The zero-order valence-electron chi connectivity index (χ0n) is 17.2. The maximum absolute atomic E-state index is 12.2. The molecule has 30 heavy (non-hydrogen) atoms. The molecule has 0 atom stereocenters. The van der Waals surface area contributed by atoms with Gasteiger partial charge in [0.2, 0.25) is 0 Å². The number of carbonyl (C=O) groups is 2. The molecular weight excluding hydrogens is 396 g/mol. The molecule has 0 aromatic heterocycles. The highest BCUT2D eigenvalue weighted by molar-refractivity contribution is 7.80. The van der Waals surface area contributed by atoms with Gasteiger partial charge in [-0.25, -0.2) is 0 Å². The highest BCUT2D eigenvalue weighted by Gasteiger charge is 2.27. The molecule has 1 saturated heterocycles. The van der Waals surface area contributed by atoms with E-state index >= 15 is 0 Å². The molecule has 0 unspecified atom stereocenters. The van der Waals surface area contributed by atoms with Crippen LogP contribution in [0.2, 0.25) is 0 Å². The molecule has 2 N–H and O–H groups in total. The van der Waals surface area contributed by atoms with Gasteiger partial charge < -0.3 is 9.80 Å². The van der Waals surface area contributed by atoms with Crippen LogP contribution in [0.4, 0.5) is 11.4 Å². The van der Waals surface area contributed by atoms with Crippen molar-refractivity contribution in [3.8, 4) is 11.1 Å². The number of nitrogens with one attached hydrogen (secondary N) is 2. The Morgan fingerprint density at radius 3 is 1.57 bits per heavy atom. The van der Waals surface area contributed by atoms with Crippen LogP contribution in [-0.2, 0) is 9.59 Å². The molecule has 2 amide bonds. The third-order valence-corrected chi connectivity index (χ3v) is 5.47. The van der Waals surface area contributed by atoms with Gasteiger partial charge in [0, 0.05) is 39.6 Å². The van der Waals surface area contributed by atoms with Crippen molar-refractivity contribution in [1.82, 2.24) is 10.6 Å². The van der Waals surface area contributed by atoms with Crippen molar-refractivity contribution in [3.05, 3.63) is 65.3 Å². The molecule has 152 valence electrons. The van der Waals surface area contributed by atoms with E-state index in [2.05, 4.69) is 56.8 Å². The number of nitrogens with zero attached hydrogens (tertiary/aromatic N) is 2. The van der Waals surface area contributed by atoms with E-state index in [9.17, 15) is 9.59 Å². The first-order valence-corrected chi connectivity index (χ1v) is 9.89. The zero-order valence-corrected chi connectivity index (χ0v) is 18.1. The smallest absolute Gasteiger partial charge is 0.263 e. The van der Waals surface area contributed by atoms with Gasteiger partial charge in [0.15, 0.2) is 5.11 Å². The summed E-state index contributed by atoms with van der Waals surface area (Å²) in [6.07, 6.45) is 3.39. The molecule has 1 aliphatic carbocycles. The fourth-order valence-corrected chi connectivity index (χ4v) is 3.84. The normalized spacial score (nSPS) is 14.6. The fourth-order valence-electron chi connectivity index (χ4n) is 3.65. The quantitative estimate of drug-likeness (QED) is 0.389. The highest BCUT2D eigenvalue weighted by atomic mass is 32.1. The molecule has 2 aromatic carbocycles. The average Bonchev–Trinajstić information content (AvgIpc) is 2.99. The Labute approximate surface area is 180 Å². The van der Waals surface area contributed by atoms with E-state index in [1.807, 2.05) is 34.3 Å². The van der Waals surface area contributed by atoms with E-state index in [0.717, 1.165) is 39.2 Å². The SMILES string of the molecule is CN(C)c1ccc2c(c1)-c1cc(N(C)C)ccc1C2=CC=C1C(=O)NC(=S)NC1=O. The molecule has 2 aliphatic rings. The molecule has 2 aromatic rings. The number of hydrogen-bond donors (Lipinski definition) is 2. The van der Waals surface area contributed by atoms with E-state index in [1.165, 1.54) is 0 Å². The summed E-state index contributed by atoms with van der Waals surface area (Å²) in [7, 11) is 8.05. The van der Waals surface area contributed by atoms with Crippen LogP contribution in [0, 0.1) is 0 Å². The van der Waals surface area contributed by atoms with E-state index in [-0.39, 0.29) is 10.7 Å². The van der Waals surface area contributed by atoms with Gasteiger partial charge in [-0.3, -0.25) is 20.2 Å². The van der Waals surface area contributed by atoms with Gasteiger partial charge >= 0.3 is 0 Å². The number of allylic oxidation sites excluding steroid dienone is 2. The van der Waals surface area contributed by atoms with Crippen molar-refractivity contribution in [2.24, 2.45) is 0 Å². The summed E-state index contributed by atoms with van der Waals surface area (Å²) in [6.45, 7) is 0. The molecule has 0 radical (unpaired) electrons. The van der Waals surface area contributed by atoms with Crippen LogP contribution >= 0.6 is 12.2 Å². The maximum atomic E-state index is 12.2. The van der Waals surface area contributed by atoms with Crippen LogP contribution in [0.25, 0.3) is 16.7 Å². The number of thiocarbonyl (C=S) groups is 1. The third-order valence-electron chi connectivity index (χ3n) is 5.27. The van der Waals surface area contributed by atoms with Crippen molar-refractivity contribution >= 4 is 46.1 Å². The van der Waals surface area contributed by atoms with Gasteiger partial charge in [0.25, 0.3) is 11.8 Å². The number of benzene rings is 2. The van der Waals surface area contributed by atoms with Crippen LogP contribution in [0.1, 0.15) is 11.1 Å². The lowest BCUT2D eigenvalue weighted by Crippen LogP contribution is -2.51. The average molecular weight is 419 g/mol. The summed E-state index contributed by atoms with van der Waals surface area (Å²) in [5.41, 5.74) is 7.60. The molecule has 7 heteroatoms. The summed E-state index contributed by atoms with van der Waals surface area (Å²) in [4.78, 5) is 28.5. The van der Waals surface area contributed by atoms with Crippen molar-refractivity contribution in [1.29, 1.82) is 0 Å². The van der Waals surface area contributed by atoms with Crippen LogP contribution in [0.5, 0.6) is 0 Å². The number of hydrogen-bond acceptors (Lipinski definition) is 5. The number of anilines is 2. The predicted molar refractivity (Wildman–Crippen MR) is 125 cm³/mol.